The Morgan fingerprint density at radius 3 is 2.20 bits per heavy atom. The fraction of sp³-hybridized carbons (Fsp3) is 0.667. The molecule has 35 heavy (non-hydrogen) atoms. The van der Waals surface area contributed by atoms with Crippen LogP contribution in [0.1, 0.15) is 72.9 Å². The normalized spacial score (nSPS) is 21.3. The van der Waals surface area contributed by atoms with Crippen LogP contribution in [0.3, 0.4) is 0 Å². The molecule has 1 atom stereocenters. The summed E-state index contributed by atoms with van der Waals surface area (Å²) < 4.78 is 84.9. The number of fused-ring (bicyclic) bond motifs is 1. The Balaban J connectivity index is 1.84. The topological polar surface area (TPSA) is 69.6 Å². The maximum absolute atomic E-state index is 15.4. The van der Waals surface area contributed by atoms with Crippen molar-refractivity contribution >= 4 is 33.5 Å². The van der Waals surface area contributed by atoms with E-state index in [1.807, 2.05) is 48.5 Å². The van der Waals surface area contributed by atoms with E-state index in [0.717, 1.165) is 0 Å². The van der Waals surface area contributed by atoms with Crippen molar-refractivity contribution in [3.05, 3.63) is 29.7 Å². The number of sulfonamides is 1. The Morgan fingerprint density at radius 2 is 1.71 bits per heavy atom. The maximum atomic E-state index is 15.4. The second kappa shape index (κ2) is 8.50. The van der Waals surface area contributed by atoms with E-state index in [2.05, 4.69) is 4.72 Å². The predicted molar refractivity (Wildman–Crippen MR) is 131 cm³/mol. The Morgan fingerprint density at radius 1 is 1.14 bits per heavy atom. The fourth-order valence-corrected chi connectivity index (χ4v) is 5.83. The molecule has 0 amide bonds. The summed E-state index contributed by atoms with van der Waals surface area (Å²) in [6, 6.07) is 0.969. The largest absolute Gasteiger partial charge is 0.497 e. The number of nitrogens with one attached hydrogen (secondary N) is 1. The molecule has 1 aliphatic carbocycles. The van der Waals surface area contributed by atoms with Crippen molar-refractivity contribution < 1.29 is 30.9 Å². The molecule has 1 aliphatic heterocycles. The van der Waals surface area contributed by atoms with Gasteiger partial charge in [-0.25, -0.2) is 26.3 Å². The van der Waals surface area contributed by atoms with Gasteiger partial charge < -0.3 is 13.9 Å². The molecule has 0 bridgehead atoms. The van der Waals surface area contributed by atoms with Crippen LogP contribution < -0.4 is 10.2 Å². The molecule has 6 nitrogen and oxygen atoms in total. The van der Waals surface area contributed by atoms with E-state index in [-0.39, 0.29) is 21.8 Å². The van der Waals surface area contributed by atoms with Crippen molar-refractivity contribution in [3.63, 3.8) is 0 Å². The molecule has 1 saturated carbocycles. The summed E-state index contributed by atoms with van der Waals surface area (Å²) in [5.74, 6) is -0.663. The number of benzene rings is 1. The van der Waals surface area contributed by atoms with Crippen LogP contribution in [0, 0.1) is 11.2 Å². The van der Waals surface area contributed by atoms with E-state index in [4.69, 9.17) is 9.31 Å². The van der Waals surface area contributed by atoms with Crippen LogP contribution in [-0.4, -0.2) is 43.0 Å². The summed E-state index contributed by atoms with van der Waals surface area (Å²) in [4.78, 5) is 0. The van der Waals surface area contributed by atoms with E-state index < -0.39 is 51.9 Å². The highest BCUT2D eigenvalue weighted by Gasteiger charge is 2.52. The molecule has 2 aliphatic rings. The Labute approximate surface area is 205 Å². The first-order chi connectivity index (χ1) is 15.9. The smallest absolute Gasteiger partial charge is 0.399 e. The van der Waals surface area contributed by atoms with Crippen molar-refractivity contribution in [2.24, 2.45) is 5.41 Å². The van der Waals surface area contributed by atoms with Crippen LogP contribution in [0.15, 0.2) is 18.3 Å². The molecular weight excluding hydrogens is 480 g/mol. The monoisotopic (exact) mass is 514 g/mol. The zero-order valence-corrected chi connectivity index (χ0v) is 22.1. The molecule has 2 fully saturated rings. The zero-order valence-electron chi connectivity index (χ0n) is 21.3. The maximum Gasteiger partial charge on any atom is 0.497 e. The molecule has 0 spiro atoms. The van der Waals surface area contributed by atoms with Crippen molar-refractivity contribution in [2.75, 3.05) is 0 Å². The lowest BCUT2D eigenvalue weighted by molar-refractivity contribution is 0.00578. The van der Waals surface area contributed by atoms with E-state index >= 15 is 4.39 Å². The van der Waals surface area contributed by atoms with Gasteiger partial charge in [-0.15, -0.1) is 0 Å². The predicted octanol–water partition coefficient (Wildman–Crippen LogP) is 4.51. The quantitative estimate of drug-likeness (QED) is 0.552. The molecule has 2 heterocycles. The number of aromatic nitrogens is 1. The van der Waals surface area contributed by atoms with Gasteiger partial charge in [-0.05, 0) is 58.1 Å². The summed E-state index contributed by atoms with van der Waals surface area (Å²) in [5, 5.41) is -0.422. The van der Waals surface area contributed by atoms with E-state index in [1.165, 1.54) is 12.3 Å². The molecule has 11 heteroatoms. The van der Waals surface area contributed by atoms with Gasteiger partial charge in [-0.1, -0.05) is 20.8 Å². The first kappa shape index (κ1) is 26.5. The van der Waals surface area contributed by atoms with Crippen molar-refractivity contribution in [2.45, 2.75) is 96.8 Å². The number of alkyl halides is 2. The average Bonchev–Trinajstić information content (AvgIpc) is 3.45. The summed E-state index contributed by atoms with van der Waals surface area (Å²) in [6.45, 7) is 13.9. The zero-order chi connectivity index (χ0) is 26.1. The number of nitrogens with zero attached hydrogens (tertiary/aromatic N) is 1. The van der Waals surface area contributed by atoms with Gasteiger partial charge in [0, 0.05) is 34.7 Å². The molecule has 1 aromatic heterocycles. The van der Waals surface area contributed by atoms with Gasteiger partial charge in [0.2, 0.25) is 10.0 Å². The Kier molecular flexibility index (Phi) is 6.44. The van der Waals surface area contributed by atoms with E-state index in [0.29, 0.717) is 24.9 Å². The third-order valence-electron chi connectivity index (χ3n) is 7.02. The third-order valence-corrected chi connectivity index (χ3v) is 8.96. The summed E-state index contributed by atoms with van der Waals surface area (Å²) in [6.07, 6.45) is -0.606. The molecule has 1 aromatic carbocycles. The lowest BCUT2D eigenvalue weighted by Gasteiger charge is -2.32. The van der Waals surface area contributed by atoms with Gasteiger partial charge in [-0.2, -0.15) is 0 Å². The summed E-state index contributed by atoms with van der Waals surface area (Å²) in [5.41, 5.74) is -0.863. The molecule has 1 saturated heterocycles. The number of hydrogen-bond acceptors (Lipinski definition) is 4. The lowest BCUT2D eigenvalue weighted by atomic mass is 9.78. The van der Waals surface area contributed by atoms with Gasteiger partial charge in [0.15, 0.2) is 0 Å². The highest BCUT2D eigenvalue weighted by Crippen LogP contribution is 2.38. The SMILES string of the molecule is CC(C)(C)Cn1cc([C@H](NS(=O)(=O)C2CC2)C(F)F)c2cc(F)c(B3OC(C)(C)C(C)(C)O3)cc21. The molecule has 1 N–H and O–H groups in total. The standard InChI is InChI=1S/C24H34BF3N2O4S/c1-22(2,3)13-30-12-16(20(21(27)28)29-35(31,32)14-8-9-14)15-10-18(26)17(11-19(15)30)25-33-23(4,5)24(6,7)34-25/h10-12,14,20-21,29H,8-9,13H2,1-7H3/t20-/m0/s1. The van der Waals surface area contributed by atoms with Crippen LogP contribution in [0.5, 0.6) is 0 Å². The average molecular weight is 514 g/mol. The van der Waals surface area contributed by atoms with Crippen molar-refractivity contribution in [3.8, 4) is 0 Å². The summed E-state index contributed by atoms with van der Waals surface area (Å²) in [7, 11) is -4.87. The highest BCUT2D eigenvalue weighted by molar-refractivity contribution is 7.90. The minimum absolute atomic E-state index is 0.0443. The van der Waals surface area contributed by atoms with Gasteiger partial charge >= 0.3 is 7.12 Å². The number of hydrogen-bond donors (Lipinski definition) is 1. The van der Waals surface area contributed by atoms with Gasteiger partial charge in [0.1, 0.15) is 11.9 Å². The van der Waals surface area contributed by atoms with Crippen LogP contribution in [0.25, 0.3) is 10.9 Å². The molecule has 194 valence electrons. The van der Waals surface area contributed by atoms with Gasteiger partial charge in [0.05, 0.1) is 16.5 Å². The van der Waals surface area contributed by atoms with Crippen LogP contribution in [0.2, 0.25) is 0 Å². The van der Waals surface area contributed by atoms with Crippen LogP contribution >= 0.6 is 0 Å². The number of rotatable bonds is 7. The lowest BCUT2D eigenvalue weighted by Crippen LogP contribution is -2.41. The van der Waals surface area contributed by atoms with Crippen molar-refractivity contribution in [1.29, 1.82) is 0 Å². The van der Waals surface area contributed by atoms with Crippen molar-refractivity contribution in [1.82, 2.24) is 9.29 Å². The van der Waals surface area contributed by atoms with E-state index in [1.54, 1.807) is 10.6 Å². The summed E-state index contributed by atoms with van der Waals surface area (Å²) >= 11 is 0. The van der Waals surface area contributed by atoms with E-state index in [9.17, 15) is 17.2 Å². The first-order valence-electron chi connectivity index (χ1n) is 11.9. The minimum atomic E-state index is -3.90. The molecule has 0 radical (unpaired) electrons. The van der Waals surface area contributed by atoms with Crippen LogP contribution in [0.4, 0.5) is 13.2 Å². The van der Waals surface area contributed by atoms with Gasteiger partial charge in [0.25, 0.3) is 6.43 Å². The Hall–Kier alpha value is -1.56. The number of halogens is 3. The van der Waals surface area contributed by atoms with Gasteiger partial charge in [-0.3, -0.25) is 0 Å². The molecular formula is C24H34BF3N2O4S. The molecule has 4 rings (SSSR count). The second-order valence-corrected chi connectivity index (χ2v) is 13.9. The molecule has 2 aromatic rings. The first-order valence-corrected chi connectivity index (χ1v) is 13.4. The second-order valence-electron chi connectivity index (χ2n) is 11.9. The fourth-order valence-electron chi connectivity index (χ4n) is 4.30. The highest BCUT2D eigenvalue weighted by atomic mass is 32.2. The third kappa shape index (κ3) is 5.15. The molecule has 0 unspecified atom stereocenters. The minimum Gasteiger partial charge on any atom is -0.399 e. The Bertz CT molecular complexity index is 1220. The van der Waals surface area contributed by atoms with Crippen LogP contribution in [-0.2, 0) is 25.9 Å².